The number of aromatic carboxylic acids is 2. The SMILES string of the molecule is O=C(O)c1ccc2cc(OCCCCCOc3cc4ccc(COO)cc4cc3COO)c(C(=O)O)cc2c1. The number of hydrogen-bond donors (Lipinski definition) is 4. The average Bonchev–Trinajstić information content (AvgIpc) is 2.92. The summed E-state index contributed by atoms with van der Waals surface area (Å²) in [4.78, 5) is 31.5. The number of fused-ring (bicyclic) bond motifs is 2. The van der Waals surface area contributed by atoms with Gasteiger partial charge in [-0.3, -0.25) is 10.5 Å². The molecule has 0 aliphatic carbocycles. The molecule has 10 nitrogen and oxygen atoms in total. The van der Waals surface area contributed by atoms with Gasteiger partial charge < -0.3 is 19.7 Å². The summed E-state index contributed by atoms with van der Waals surface area (Å²) < 4.78 is 11.7. The largest absolute Gasteiger partial charge is 0.493 e. The highest BCUT2D eigenvalue weighted by Gasteiger charge is 2.15. The molecule has 4 aromatic rings. The van der Waals surface area contributed by atoms with Gasteiger partial charge in [-0.25, -0.2) is 19.4 Å². The van der Waals surface area contributed by atoms with Crippen LogP contribution >= 0.6 is 0 Å². The molecule has 0 aliphatic rings. The van der Waals surface area contributed by atoms with E-state index >= 15 is 0 Å². The number of rotatable bonds is 14. The Hall–Kier alpha value is -4.22. The van der Waals surface area contributed by atoms with Gasteiger partial charge in [-0.2, -0.15) is 0 Å². The van der Waals surface area contributed by atoms with Gasteiger partial charge in [0.1, 0.15) is 30.3 Å². The molecule has 0 radical (unpaired) electrons. The van der Waals surface area contributed by atoms with Crippen molar-refractivity contribution >= 4 is 33.5 Å². The fourth-order valence-corrected chi connectivity index (χ4v) is 4.30. The molecule has 39 heavy (non-hydrogen) atoms. The summed E-state index contributed by atoms with van der Waals surface area (Å²) in [5, 5.41) is 39.4. The lowest BCUT2D eigenvalue weighted by atomic mass is 10.0. The molecule has 0 heterocycles. The van der Waals surface area contributed by atoms with Crippen LogP contribution in [0.4, 0.5) is 0 Å². The fraction of sp³-hybridized carbons (Fsp3) is 0.241. The standard InChI is InChI=1S/C29H28O10/c30-28(31)21-7-6-20-15-27(25(29(32)33)13-23(20)11-21)37-9-3-1-2-8-36-26-14-19-5-4-18(16-38-34)10-22(19)12-24(26)17-39-35/h4-7,10-15,34-35H,1-3,8-9,16-17H2,(H,30,31)(H,32,33). The van der Waals surface area contributed by atoms with E-state index in [4.69, 9.17) is 20.0 Å². The molecule has 0 aromatic heterocycles. The summed E-state index contributed by atoms with van der Waals surface area (Å²) in [6.45, 7) is 0.742. The van der Waals surface area contributed by atoms with Crippen LogP contribution in [-0.4, -0.2) is 45.9 Å². The second kappa shape index (κ2) is 13.0. The normalized spacial score (nSPS) is 11.1. The first kappa shape index (κ1) is 27.8. The number of carboxylic acids is 2. The Kier molecular flexibility index (Phi) is 9.29. The van der Waals surface area contributed by atoms with Gasteiger partial charge in [0.05, 0.1) is 18.8 Å². The number of unbranched alkanes of at least 4 members (excludes halogenated alkanes) is 2. The van der Waals surface area contributed by atoms with Crippen molar-refractivity contribution in [3.05, 3.63) is 82.9 Å². The first-order chi connectivity index (χ1) is 18.9. The van der Waals surface area contributed by atoms with Gasteiger partial charge in [0.25, 0.3) is 0 Å². The summed E-state index contributed by atoms with van der Waals surface area (Å²) in [6, 6.07) is 16.9. The highest BCUT2D eigenvalue weighted by Crippen LogP contribution is 2.29. The lowest BCUT2D eigenvalue weighted by molar-refractivity contribution is -0.253. The number of benzene rings is 4. The zero-order chi connectivity index (χ0) is 27.8. The molecule has 0 atom stereocenters. The molecule has 10 heteroatoms. The van der Waals surface area contributed by atoms with Crippen LogP contribution in [0.1, 0.15) is 51.1 Å². The van der Waals surface area contributed by atoms with Gasteiger partial charge in [0.2, 0.25) is 0 Å². The Bertz CT molecular complexity index is 1480. The Morgan fingerprint density at radius 3 is 1.92 bits per heavy atom. The third-order valence-corrected chi connectivity index (χ3v) is 6.26. The topological polar surface area (TPSA) is 152 Å². The summed E-state index contributed by atoms with van der Waals surface area (Å²) in [7, 11) is 0. The molecule has 0 bridgehead atoms. The van der Waals surface area contributed by atoms with Crippen LogP contribution in [0.5, 0.6) is 11.5 Å². The molecule has 0 saturated carbocycles. The van der Waals surface area contributed by atoms with Gasteiger partial charge in [-0.1, -0.05) is 18.2 Å². The van der Waals surface area contributed by atoms with Crippen molar-refractivity contribution in [1.29, 1.82) is 0 Å². The minimum absolute atomic E-state index is 0.0284. The van der Waals surface area contributed by atoms with E-state index in [0.29, 0.717) is 41.7 Å². The summed E-state index contributed by atoms with van der Waals surface area (Å²) in [5.74, 6) is -1.42. The second-order valence-corrected chi connectivity index (χ2v) is 8.97. The van der Waals surface area contributed by atoms with Gasteiger partial charge in [-0.15, -0.1) is 0 Å². The molecular formula is C29H28O10. The second-order valence-electron chi connectivity index (χ2n) is 8.97. The molecule has 0 aliphatic heterocycles. The van der Waals surface area contributed by atoms with Crippen LogP contribution in [0, 0.1) is 0 Å². The van der Waals surface area contributed by atoms with E-state index in [1.807, 2.05) is 30.3 Å². The van der Waals surface area contributed by atoms with Crippen molar-refractivity contribution in [1.82, 2.24) is 0 Å². The zero-order valence-corrected chi connectivity index (χ0v) is 21.0. The molecule has 0 saturated heterocycles. The van der Waals surface area contributed by atoms with Gasteiger partial charge >= 0.3 is 11.9 Å². The third-order valence-electron chi connectivity index (χ3n) is 6.26. The number of hydrogen-bond acceptors (Lipinski definition) is 8. The molecule has 0 unspecified atom stereocenters. The minimum Gasteiger partial charge on any atom is -0.493 e. The maximum absolute atomic E-state index is 11.7. The Morgan fingerprint density at radius 1 is 0.615 bits per heavy atom. The lowest BCUT2D eigenvalue weighted by Crippen LogP contribution is -2.06. The molecule has 204 valence electrons. The zero-order valence-electron chi connectivity index (χ0n) is 21.0. The van der Waals surface area contributed by atoms with Crippen molar-refractivity contribution in [2.75, 3.05) is 13.2 Å². The summed E-state index contributed by atoms with van der Waals surface area (Å²) >= 11 is 0. The Labute approximate surface area is 223 Å². The predicted molar refractivity (Wildman–Crippen MR) is 141 cm³/mol. The van der Waals surface area contributed by atoms with E-state index < -0.39 is 11.9 Å². The quantitative estimate of drug-likeness (QED) is 0.0858. The van der Waals surface area contributed by atoms with Crippen molar-refractivity contribution in [3.63, 3.8) is 0 Å². The maximum atomic E-state index is 11.7. The van der Waals surface area contributed by atoms with Crippen molar-refractivity contribution in [2.45, 2.75) is 32.5 Å². The smallest absolute Gasteiger partial charge is 0.339 e. The first-order valence-corrected chi connectivity index (χ1v) is 12.3. The van der Waals surface area contributed by atoms with E-state index in [1.165, 1.54) is 18.2 Å². The van der Waals surface area contributed by atoms with Crippen molar-refractivity contribution < 1.29 is 49.6 Å². The number of ether oxygens (including phenoxy) is 2. The lowest BCUT2D eigenvalue weighted by Gasteiger charge is -2.13. The van der Waals surface area contributed by atoms with Crippen LogP contribution in [0.3, 0.4) is 0 Å². The third kappa shape index (κ3) is 7.01. The van der Waals surface area contributed by atoms with Gasteiger partial charge in [0, 0.05) is 5.56 Å². The van der Waals surface area contributed by atoms with Crippen LogP contribution in [0.15, 0.2) is 60.7 Å². The number of carbonyl (C=O) groups is 2. The van der Waals surface area contributed by atoms with Crippen molar-refractivity contribution in [2.24, 2.45) is 0 Å². The molecule has 0 spiro atoms. The number of carboxylic acid groups (broad SMARTS) is 2. The Balaban J connectivity index is 1.31. The highest BCUT2D eigenvalue weighted by atomic mass is 17.1. The molecule has 4 aromatic carbocycles. The maximum Gasteiger partial charge on any atom is 0.339 e. The molecule has 0 fully saturated rings. The summed E-state index contributed by atoms with van der Waals surface area (Å²) in [6.07, 6.45) is 2.15. The van der Waals surface area contributed by atoms with E-state index in [0.717, 1.165) is 29.2 Å². The molecule has 4 rings (SSSR count). The monoisotopic (exact) mass is 536 g/mol. The van der Waals surface area contributed by atoms with Crippen molar-refractivity contribution in [3.8, 4) is 11.5 Å². The van der Waals surface area contributed by atoms with E-state index in [9.17, 15) is 19.8 Å². The predicted octanol–water partition coefficient (Wildman–Crippen LogP) is 6.00. The summed E-state index contributed by atoms with van der Waals surface area (Å²) in [5.41, 5.74) is 1.52. The highest BCUT2D eigenvalue weighted by molar-refractivity contribution is 6.00. The van der Waals surface area contributed by atoms with E-state index in [1.54, 1.807) is 12.1 Å². The van der Waals surface area contributed by atoms with E-state index in [2.05, 4.69) is 9.78 Å². The van der Waals surface area contributed by atoms with Crippen LogP contribution < -0.4 is 9.47 Å². The van der Waals surface area contributed by atoms with Crippen LogP contribution in [0.2, 0.25) is 0 Å². The van der Waals surface area contributed by atoms with Gasteiger partial charge in [0.15, 0.2) is 0 Å². The first-order valence-electron chi connectivity index (χ1n) is 12.3. The molecule has 0 amide bonds. The molecule has 4 N–H and O–H groups in total. The van der Waals surface area contributed by atoms with Gasteiger partial charge in [-0.05, 0) is 88.8 Å². The van der Waals surface area contributed by atoms with E-state index in [-0.39, 0.29) is 30.1 Å². The fourth-order valence-electron chi connectivity index (χ4n) is 4.30. The minimum atomic E-state index is -1.16. The van der Waals surface area contributed by atoms with Crippen LogP contribution in [-0.2, 0) is 23.0 Å². The molecular weight excluding hydrogens is 508 g/mol. The Morgan fingerprint density at radius 2 is 1.26 bits per heavy atom. The average molecular weight is 537 g/mol. The van der Waals surface area contributed by atoms with Crippen LogP contribution in [0.25, 0.3) is 21.5 Å².